The summed E-state index contributed by atoms with van der Waals surface area (Å²) in [4.78, 5) is 9.30. The summed E-state index contributed by atoms with van der Waals surface area (Å²) >= 11 is 1.65. The van der Waals surface area contributed by atoms with Gasteiger partial charge in [0.2, 0.25) is 0 Å². The highest BCUT2D eigenvalue weighted by Gasteiger charge is 2.17. The van der Waals surface area contributed by atoms with Gasteiger partial charge in [-0.2, -0.15) is 0 Å². The van der Waals surface area contributed by atoms with E-state index in [0.29, 0.717) is 6.04 Å². The van der Waals surface area contributed by atoms with Crippen LogP contribution in [0.2, 0.25) is 0 Å². The number of aromatic nitrogens is 2. The van der Waals surface area contributed by atoms with Gasteiger partial charge in [-0.1, -0.05) is 29.5 Å². The third-order valence-corrected chi connectivity index (χ3v) is 4.67. The molecule has 0 aliphatic carbocycles. The van der Waals surface area contributed by atoms with Gasteiger partial charge in [0, 0.05) is 6.04 Å². The molecule has 1 atom stereocenters. The van der Waals surface area contributed by atoms with Crippen molar-refractivity contribution in [2.24, 2.45) is 0 Å². The van der Waals surface area contributed by atoms with Crippen LogP contribution in [0.5, 0.6) is 0 Å². The summed E-state index contributed by atoms with van der Waals surface area (Å²) in [7, 11) is 0. The molecule has 4 nitrogen and oxygen atoms in total. The standard InChI is InChI=1S/C16H16N4S.ClH/c1-2-8-14-13(5-1)19-16(21-14)20-15-9-3-6-12(18-15)11-7-4-10-17-11;/h1-3,5-6,8-9,11,17H,4,7,10H2,(H,18,19,20);1H. The van der Waals surface area contributed by atoms with Crippen molar-refractivity contribution in [3.63, 3.8) is 0 Å². The minimum atomic E-state index is 0. The zero-order valence-corrected chi connectivity index (χ0v) is 13.6. The van der Waals surface area contributed by atoms with Gasteiger partial charge < -0.3 is 10.6 Å². The Morgan fingerprint density at radius 3 is 2.82 bits per heavy atom. The van der Waals surface area contributed by atoms with Crippen LogP contribution < -0.4 is 10.6 Å². The van der Waals surface area contributed by atoms with E-state index in [9.17, 15) is 0 Å². The Morgan fingerprint density at radius 2 is 2.00 bits per heavy atom. The van der Waals surface area contributed by atoms with Crippen molar-refractivity contribution in [3.05, 3.63) is 48.2 Å². The molecular formula is C16H17ClN4S. The first kappa shape index (κ1) is 15.2. The van der Waals surface area contributed by atoms with Crippen molar-refractivity contribution in [3.8, 4) is 0 Å². The summed E-state index contributed by atoms with van der Waals surface area (Å²) in [5.41, 5.74) is 2.14. The highest BCUT2D eigenvalue weighted by atomic mass is 35.5. The van der Waals surface area contributed by atoms with E-state index >= 15 is 0 Å². The highest BCUT2D eigenvalue weighted by molar-refractivity contribution is 7.22. The number of thiazole rings is 1. The van der Waals surface area contributed by atoms with Crippen molar-refractivity contribution >= 4 is 44.9 Å². The van der Waals surface area contributed by atoms with E-state index in [2.05, 4.69) is 33.8 Å². The number of para-hydroxylation sites is 1. The lowest BCUT2D eigenvalue weighted by molar-refractivity contribution is 0.629. The lowest BCUT2D eigenvalue weighted by Gasteiger charge is -2.11. The van der Waals surface area contributed by atoms with E-state index in [1.54, 1.807) is 11.3 Å². The molecule has 1 aliphatic rings. The third-order valence-electron chi connectivity index (χ3n) is 3.72. The summed E-state index contributed by atoms with van der Waals surface area (Å²) in [6.45, 7) is 1.09. The fourth-order valence-corrected chi connectivity index (χ4v) is 3.56. The second-order valence-electron chi connectivity index (χ2n) is 5.21. The maximum Gasteiger partial charge on any atom is 0.189 e. The predicted molar refractivity (Wildman–Crippen MR) is 94.4 cm³/mol. The lowest BCUT2D eigenvalue weighted by atomic mass is 10.1. The normalized spacial score (nSPS) is 17.4. The predicted octanol–water partition coefficient (Wildman–Crippen LogP) is 4.28. The molecule has 0 saturated carbocycles. The number of anilines is 2. The molecular weight excluding hydrogens is 316 g/mol. The maximum absolute atomic E-state index is 4.71. The zero-order valence-electron chi connectivity index (χ0n) is 12.0. The lowest BCUT2D eigenvalue weighted by Crippen LogP contribution is -2.14. The quantitative estimate of drug-likeness (QED) is 0.751. The summed E-state index contributed by atoms with van der Waals surface area (Å²) in [6.07, 6.45) is 2.39. The molecule has 114 valence electrons. The Bertz CT molecular complexity index is 734. The number of fused-ring (bicyclic) bond motifs is 1. The molecule has 2 aromatic heterocycles. The molecule has 1 saturated heterocycles. The van der Waals surface area contributed by atoms with E-state index in [0.717, 1.165) is 35.1 Å². The van der Waals surface area contributed by atoms with E-state index in [4.69, 9.17) is 4.98 Å². The van der Waals surface area contributed by atoms with Crippen LogP contribution in [0.1, 0.15) is 24.6 Å². The molecule has 22 heavy (non-hydrogen) atoms. The molecule has 4 rings (SSSR count). The Morgan fingerprint density at radius 1 is 1.09 bits per heavy atom. The van der Waals surface area contributed by atoms with Crippen LogP contribution in [0.25, 0.3) is 10.2 Å². The first-order valence-electron chi connectivity index (χ1n) is 7.21. The second-order valence-corrected chi connectivity index (χ2v) is 6.24. The van der Waals surface area contributed by atoms with Crippen molar-refractivity contribution in [2.75, 3.05) is 11.9 Å². The molecule has 0 spiro atoms. The summed E-state index contributed by atoms with van der Waals surface area (Å²) in [5, 5.41) is 7.70. The second kappa shape index (κ2) is 6.60. The molecule has 6 heteroatoms. The van der Waals surface area contributed by atoms with Crippen molar-refractivity contribution in [1.82, 2.24) is 15.3 Å². The minimum Gasteiger partial charge on any atom is -0.316 e. The van der Waals surface area contributed by atoms with Crippen LogP contribution in [0.15, 0.2) is 42.5 Å². The molecule has 3 aromatic rings. The van der Waals surface area contributed by atoms with Gasteiger partial charge in [0.1, 0.15) is 5.82 Å². The number of benzene rings is 1. The Hall–Kier alpha value is -1.69. The number of rotatable bonds is 3. The van der Waals surface area contributed by atoms with E-state index in [1.807, 2.05) is 24.3 Å². The van der Waals surface area contributed by atoms with Crippen molar-refractivity contribution < 1.29 is 0 Å². The molecule has 0 bridgehead atoms. The smallest absolute Gasteiger partial charge is 0.189 e. The van der Waals surface area contributed by atoms with Crippen molar-refractivity contribution in [2.45, 2.75) is 18.9 Å². The minimum absolute atomic E-state index is 0. The molecule has 1 aliphatic heterocycles. The Balaban J connectivity index is 0.00000144. The highest BCUT2D eigenvalue weighted by Crippen LogP contribution is 2.28. The van der Waals surface area contributed by atoms with Crippen LogP contribution in [0.4, 0.5) is 10.9 Å². The molecule has 1 aromatic carbocycles. The van der Waals surface area contributed by atoms with E-state index < -0.39 is 0 Å². The number of hydrogen-bond acceptors (Lipinski definition) is 5. The van der Waals surface area contributed by atoms with Crippen molar-refractivity contribution in [1.29, 1.82) is 0 Å². The van der Waals surface area contributed by atoms with Gasteiger partial charge >= 0.3 is 0 Å². The van der Waals surface area contributed by atoms with Gasteiger partial charge in [-0.15, -0.1) is 12.4 Å². The molecule has 3 heterocycles. The fraction of sp³-hybridized carbons (Fsp3) is 0.250. The molecule has 1 fully saturated rings. The first-order valence-corrected chi connectivity index (χ1v) is 8.03. The van der Waals surface area contributed by atoms with Gasteiger partial charge in [-0.05, 0) is 43.7 Å². The average molecular weight is 333 g/mol. The van der Waals surface area contributed by atoms with Crippen LogP contribution in [-0.4, -0.2) is 16.5 Å². The molecule has 1 unspecified atom stereocenters. The Labute approximate surface area is 139 Å². The van der Waals surface area contributed by atoms with Gasteiger partial charge in [0.25, 0.3) is 0 Å². The molecule has 0 radical (unpaired) electrons. The number of hydrogen-bond donors (Lipinski definition) is 2. The number of nitrogens with one attached hydrogen (secondary N) is 2. The van der Waals surface area contributed by atoms with Gasteiger partial charge in [-0.25, -0.2) is 9.97 Å². The number of nitrogens with zero attached hydrogens (tertiary/aromatic N) is 2. The summed E-state index contributed by atoms with van der Waals surface area (Å²) < 4.78 is 1.19. The van der Waals surface area contributed by atoms with Crippen LogP contribution in [-0.2, 0) is 0 Å². The zero-order chi connectivity index (χ0) is 14.1. The summed E-state index contributed by atoms with van der Waals surface area (Å²) in [5.74, 6) is 0.861. The number of halogens is 1. The SMILES string of the molecule is Cl.c1cc(Nc2nc3ccccc3s2)nc(C2CCCN2)c1. The average Bonchev–Trinajstić information content (AvgIpc) is 3.16. The van der Waals surface area contributed by atoms with Crippen LogP contribution in [0, 0.1) is 0 Å². The van der Waals surface area contributed by atoms with Gasteiger partial charge in [0.05, 0.1) is 15.9 Å². The van der Waals surface area contributed by atoms with Crippen LogP contribution >= 0.6 is 23.7 Å². The topological polar surface area (TPSA) is 49.8 Å². The van der Waals surface area contributed by atoms with E-state index in [-0.39, 0.29) is 12.4 Å². The van der Waals surface area contributed by atoms with Gasteiger partial charge in [0.15, 0.2) is 5.13 Å². The first-order chi connectivity index (χ1) is 10.4. The monoisotopic (exact) mass is 332 g/mol. The van der Waals surface area contributed by atoms with Crippen LogP contribution in [0.3, 0.4) is 0 Å². The largest absolute Gasteiger partial charge is 0.316 e. The molecule has 0 amide bonds. The third kappa shape index (κ3) is 3.06. The fourth-order valence-electron chi connectivity index (χ4n) is 2.69. The van der Waals surface area contributed by atoms with Gasteiger partial charge in [-0.3, -0.25) is 0 Å². The number of pyridine rings is 1. The Kier molecular flexibility index (Phi) is 4.57. The summed E-state index contributed by atoms with van der Waals surface area (Å²) in [6, 6.07) is 14.7. The maximum atomic E-state index is 4.71. The van der Waals surface area contributed by atoms with E-state index in [1.165, 1.54) is 11.1 Å². The molecule has 2 N–H and O–H groups in total.